The molecule has 0 bridgehead atoms. The number of esters is 1. The zero-order chi connectivity index (χ0) is 12.0. The zero-order valence-electron chi connectivity index (χ0n) is 9.41. The number of Topliss-reactive ketones (excluding diaryl/α,β-unsaturated/α-hetero) is 1. The van der Waals surface area contributed by atoms with Crippen molar-refractivity contribution in [2.45, 2.75) is 30.1 Å². The number of ketones is 1. The molecule has 0 saturated carbocycles. The lowest BCUT2D eigenvalue weighted by molar-refractivity contribution is -0.146. The van der Waals surface area contributed by atoms with Gasteiger partial charge < -0.3 is 9.47 Å². The predicted molar refractivity (Wildman–Crippen MR) is 67.6 cm³/mol. The summed E-state index contributed by atoms with van der Waals surface area (Å²) in [5.74, 6) is -0.450. The van der Waals surface area contributed by atoms with Crippen LogP contribution in [0.4, 0.5) is 0 Å². The Bertz CT molecular complexity index is 248. The van der Waals surface area contributed by atoms with Crippen LogP contribution in [-0.2, 0) is 19.1 Å². The van der Waals surface area contributed by atoms with Crippen molar-refractivity contribution in [2.75, 3.05) is 19.8 Å². The minimum absolute atomic E-state index is 0.00926. The Morgan fingerprint density at radius 1 is 1.44 bits per heavy atom. The van der Waals surface area contributed by atoms with Crippen LogP contribution in [0, 0.1) is 5.92 Å². The molecular weight excluding hydrogens is 323 g/mol. The van der Waals surface area contributed by atoms with Gasteiger partial charge in [-0.2, -0.15) is 0 Å². The van der Waals surface area contributed by atoms with Crippen molar-refractivity contribution in [3.8, 4) is 0 Å². The van der Waals surface area contributed by atoms with Crippen molar-refractivity contribution < 1.29 is 19.1 Å². The highest BCUT2D eigenvalue weighted by atomic mass is 127. The number of hydrogen-bond acceptors (Lipinski definition) is 4. The molecule has 0 aromatic rings. The van der Waals surface area contributed by atoms with E-state index in [-0.39, 0.29) is 11.7 Å². The molecule has 1 rings (SSSR count). The first-order chi connectivity index (χ1) is 7.66. The number of rotatable bonds is 5. The summed E-state index contributed by atoms with van der Waals surface area (Å²) in [5, 5.41) is 0. The molecule has 1 atom stereocenters. The Morgan fingerprint density at radius 2 is 2.06 bits per heavy atom. The normalized spacial score (nSPS) is 19.1. The maximum atomic E-state index is 11.9. The first-order valence-electron chi connectivity index (χ1n) is 5.59. The van der Waals surface area contributed by atoms with Crippen LogP contribution in [0.2, 0.25) is 0 Å². The fourth-order valence-corrected chi connectivity index (χ4v) is 2.27. The second kappa shape index (κ2) is 7.21. The minimum atomic E-state index is -0.660. The van der Waals surface area contributed by atoms with Gasteiger partial charge >= 0.3 is 5.97 Å². The van der Waals surface area contributed by atoms with Crippen molar-refractivity contribution in [3.05, 3.63) is 0 Å². The van der Waals surface area contributed by atoms with Crippen LogP contribution in [-0.4, -0.2) is 35.5 Å². The van der Waals surface area contributed by atoms with E-state index in [0.29, 0.717) is 19.8 Å². The van der Waals surface area contributed by atoms with Gasteiger partial charge in [-0.15, -0.1) is 0 Å². The molecule has 92 valence electrons. The summed E-state index contributed by atoms with van der Waals surface area (Å²) in [4.78, 5) is 23.4. The van der Waals surface area contributed by atoms with E-state index in [0.717, 1.165) is 19.3 Å². The summed E-state index contributed by atoms with van der Waals surface area (Å²) >= 11 is 1.87. The molecule has 1 saturated heterocycles. The second-order valence-corrected chi connectivity index (χ2v) is 5.06. The van der Waals surface area contributed by atoms with E-state index >= 15 is 0 Å². The summed E-state index contributed by atoms with van der Waals surface area (Å²) in [5.41, 5.74) is 0. The number of hydrogen-bond donors (Lipinski definition) is 0. The fourth-order valence-electron chi connectivity index (χ4n) is 1.58. The molecule has 4 nitrogen and oxygen atoms in total. The molecule has 1 unspecified atom stereocenters. The van der Waals surface area contributed by atoms with Crippen molar-refractivity contribution in [1.29, 1.82) is 0 Å². The Labute approximate surface area is 109 Å². The predicted octanol–water partition coefficient (Wildman–Crippen LogP) is 1.74. The fraction of sp³-hybridized carbons (Fsp3) is 0.818. The number of carbonyl (C=O) groups is 2. The Morgan fingerprint density at radius 3 is 2.62 bits per heavy atom. The molecule has 1 fully saturated rings. The van der Waals surface area contributed by atoms with Gasteiger partial charge in [0.25, 0.3) is 0 Å². The number of ether oxygens (including phenoxy) is 2. The van der Waals surface area contributed by atoms with Gasteiger partial charge in [0.05, 0.1) is 6.61 Å². The van der Waals surface area contributed by atoms with Gasteiger partial charge in [0.1, 0.15) is 0 Å². The van der Waals surface area contributed by atoms with Gasteiger partial charge in [0.2, 0.25) is 0 Å². The van der Waals surface area contributed by atoms with Crippen LogP contribution in [0.15, 0.2) is 0 Å². The highest BCUT2D eigenvalue weighted by Crippen LogP contribution is 2.21. The number of alkyl halides is 1. The molecule has 0 N–H and O–H groups in total. The summed E-state index contributed by atoms with van der Waals surface area (Å²) in [7, 11) is 0. The lowest BCUT2D eigenvalue weighted by atomic mass is 9.93. The van der Waals surface area contributed by atoms with Crippen molar-refractivity contribution in [2.24, 2.45) is 5.92 Å². The lowest BCUT2D eigenvalue weighted by Crippen LogP contribution is -2.34. The third-order valence-electron chi connectivity index (χ3n) is 2.53. The summed E-state index contributed by atoms with van der Waals surface area (Å²) in [6.07, 6.45) is 2.22. The van der Waals surface area contributed by atoms with E-state index in [1.807, 2.05) is 29.5 Å². The van der Waals surface area contributed by atoms with Crippen molar-refractivity contribution in [3.63, 3.8) is 0 Å². The van der Waals surface area contributed by atoms with Gasteiger partial charge in [-0.05, 0) is 19.3 Å². The third-order valence-corrected chi connectivity index (χ3v) is 3.65. The molecule has 0 aromatic carbocycles. The minimum Gasteiger partial charge on any atom is -0.465 e. The molecule has 5 heteroatoms. The average Bonchev–Trinajstić information content (AvgIpc) is 2.35. The van der Waals surface area contributed by atoms with E-state index in [2.05, 4.69) is 0 Å². The SMILES string of the molecule is CCCOC(=O)C(I)C(=O)C1CCOCC1. The highest BCUT2D eigenvalue weighted by Gasteiger charge is 2.32. The summed E-state index contributed by atoms with van der Waals surface area (Å²) in [6, 6.07) is 0. The molecule has 1 heterocycles. The van der Waals surface area contributed by atoms with Gasteiger partial charge in [0.15, 0.2) is 9.71 Å². The molecule has 0 amide bonds. The van der Waals surface area contributed by atoms with Crippen LogP contribution in [0.3, 0.4) is 0 Å². The first-order valence-corrected chi connectivity index (χ1v) is 6.83. The van der Waals surface area contributed by atoms with Crippen LogP contribution >= 0.6 is 22.6 Å². The van der Waals surface area contributed by atoms with Gasteiger partial charge in [-0.3, -0.25) is 9.59 Å². The lowest BCUT2D eigenvalue weighted by Gasteiger charge is -2.22. The van der Waals surface area contributed by atoms with Gasteiger partial charge in [-0.25, -0.2) is 0 Å². The monoisotopic (exact) mass is 340 g/mol. The molecule has 0 aromatic heterocycles. The van der Waals surface area contributed by atoms with E-state index in [1.165, 1.54) is 0 Å². The smallest absolute Gasteiger partial charge is 0.326 e. The molecule has 0 spiro atoms. The quantitative estimate of drug-likeness (QED) is 0.331. The maximum absolute atomic E-state index is 11.9. The highest BCUT2D eigenvalue weighted by molar-refractivity contribution is 14.1. The second-order valence-electron chi connectivity index (χ2n) is 3.82. The molecule has 1 aliphatic heterocycles. The van der Waals surface area contributed by atoms with Gasteiger partial charge in [0, 0.05) is 19.1 Å². The number of carbonyl (C=O) groups excluding carboxylic acids is 2. The average molecular weight is 340 g/mol. The molecule has 0 radical (unpaired) electrons. The Hall–Kier alpha value is -0.170. The maximum Gasteiger partial charge on any atom is 0.326 e. The largest absolute Gasteiger partial charge is 0.465 e. The van der Waals surface area contributed by atoms with E-state index < -0.39 is 9.89 Å². The zero-order valence-corrected chi connectivity index (χ0v) is 11.6. The molecule has 1 aliphatic rings. The first kappa shape index (κ1) is 13.9. The topological polar surface area (TPSA) is 52.6 Å². The van der Waals surface area contributed by atoms with E-state index in [4.69, 9.17) is 9.47 Å². The van der Waals surface area contributed by atoms with Crippen molar-refractivity contribution >= 4 is 34.3 Å². The Balaban J connectivity index is 2.42. The molecule has 0 aliphatic carbocycles. The summed E-state index contributed by atoms with van der Waals surface area (Å²) in [6.45, 7) is 3.54. The van der Waals surface area contributed by atoms with Crippen LogP contribution in [0.25, 0.3) is 0 Å². The van der Waals surface area contributed by atoms with Crippen molar-refractivity contribution in [1.82, 2.24) is 0 Å². The number of halogens is 1. The molecular formula is C11H17IO4. The van der Waals surface area contributed by atoms with E-state index in [9.17, 15) is 9.59 Å². The third kappa shape index (κ3) is 4.01. The van der Waals surface area contributed by atoms with Crippen LogP contribution < -0.4 is 0 Å². The Kier molecular flexibility index (Phi) is 6.26. The summed E-state index contributed by atoms with van der Waals surface area (Å²) < 4.78 is 9.49. The standard InChI is InChI=1S/C11H17IO4/c1-2-5-16-11(14)9(12)10(13)8-3-6-15-7-4-8/h8-9H,2-7H2,1H3. The van der Waals surface area contributed by atoms with Crippen LogP contribution in [0.5, 0.6) is 0 Å². The van der Waals surface area contributed by atoms with Gasteiger partial charge in [-0.1, -0.05) is 29.5 Å². The molecule has 16 heavy (non-hydrogen) atoms. The van der Waals surface area contributed by atoms with E-state index in [1.54, 1.807) is 0 Å². The van der Waals surface area contributed by atoms with Crippen LogP contribution in [0.1, 0.15) is 26.2 Å².